The van der Waals surface area contributed by atoms with Gasteiger partial charge in [-0.3, -0.25) is 19.2 Å². The fourth-order valence-electron chi connectivity index (χ4n) is 8.71. The molecule has 0 aliphatic heterocycles. The fraction of sp³-hybridized carbons (Fsp3) is 0.636. The number of benzene rings is 1. The maximum atomic E-state index is 12.9. The summed E-state index contributed by atoms with van der Waals surface area (Å²) in [5.74, 6) is 0.145. The Labute approximate surface area is 237 Å². The molecule has 0 spiro atoms. The first kappa shape index (κ1) is 28.6. The van der Waals surface area contributed by atoms with Crippen LogP contribution in [0.5, 0.6) is 0 Å². The first-order chi connectivity index (χ1) is 19.1. The van der Waals surface area contributed by atoms with Crippen molar-refractivity contribution in [3.63, 3.8) is 0 Å². The molecule has 3 fully saturated rings. The second-order valence-electron chi connectivity index (χ2n) is 13.1. The van der Waals surface area contributed by atoms with Gasteiger partial charge >= 0.3 is 11.9 Å². The number of fused-ring (bicyclic) bond motifs is 5. The summed E-state index contributed by atoms with van der Waals surface area (Å²) in [6.45, 7) is 4.89. The number of carboxylic acid groups (broad SMARTS) is 1. The highest BCUT2D eigenvalue weighted by atomic mass is 16.5. The minimum Gasteiger partial charge on any atom is -0.481 e. The quantitative estimate of drug-likeness (QED) is 0.389. The van der Waals surface area contributed by atoms with Gasteiger partial charge in [0.05, 0.1) is 12.8 Å². The van der Waals surface area contributed by atoms with Crippen LogP contribution < -0.4 is 5.32 Å². The van der Waals surface area contributed by atoms with Crippen molar-refractivity contribution in [3.8, 4) is 0 Å². The molecule has 1 aromatic carbocycles. The van der Waals surface area contributed by atoms with Gasteiger partial charge in [0.15, 0.2) is 5.78 Å². The largest absolute Gasteiger partial charge is 0.481 e. The number of rotatable bonds is 9. The Hall–Kier alpha value is -2.96. The highest BCUT2D eigenvalue weighted by Gasteiger charge is 2.59. The Morgan fingerprint density at radius 1 is 1.00 bits per heavy atom. The van der Waals surface area contributed by atoms with Gasteiger partial charge in [0.1, 0.15) is 6.10 Å². The van der Waals surface area contributed by atoms with Crippen molar-refractivity contribution in [2.24, 2.45) is 28.6 Å². The molecular formula is C33H43NO6. The van der Waals surface area contributed by atoms with E-state index < -0.39 is 5.97 Å². The van der Waals surface area contributed by atoms with Crippen molar-refractivity contribution in [1.29, 1.82) is 0 Å². The molecule has 7 nitrogen and oxygen atoms in total. The Bertz CT molecular complexity index is 1180. The van der Waals surface area contributed by atoms with Crippen LogP contribution in [0.2, 0.25) is 0 Å². The van der Waals surface area contributed by atoms with Crippen LogP contribution in [0.4, 0.5) is 0 Å². The van der Waals surface area contributed by atoms with Gasteiger partial charge in [-0.25, -0.2) is 0 Å². The highest BCUT2D eigenvalue weighted by molar-refractivity contribution is 5.91. The summed E-state index contributed by atoms with van der Waals surface area (Å²) in [5.41, 5.74) is 2.32. The summed E-state index contributed by atoms with van der Waals surface area (Å²) in [7, 11) is 0. The van der Waals surface area contributed by atoms with E-state index in [2.05, 4.69) is 19.2 Å². The van der Waals surface area contributed by atoms with Crippen LogP contribution in [-0.4, -0.2) is 41.4 Å². The third kappa shape index (κ3) is 5.61. The molecule has 7 atom stereocenters. The van der Waals surface area contributed by atoms with E-state index in [-0.39, 0.29) is 66.3 Å². The van der Waals surface area contributed by atoms with E-state index in [1.54, 1.807) is 0 Å². The van der Waals surface area contributed by atoms with Crippen molar-refractivity contribution in [2.75, 3.05) is 6.54 Å². The average molecular weight is 550 g/mol. The van der Waals surface area contributed by atoms with Gasteiger partial charge in [-0.15, -0.1) is 0 Å². The average Bonchev–Trinajstić information content (AvgIpc) is 3.26. The number of carbonyl (C=O) groups excluding carboxylic acids is 3. The van der Waals surface area contributed by atoms with E-state index >= 15 is 0 Å². The first-order valence-electron chi connectivity index (χ1n) is 15.1. The summed E-state index contributed by atoms with van der Waals surface area (Å²) in [6, 6.07) is 9.29. The molecule has 0 bridgehead atoms. The number of carbonyl (C=O) groups is 4. The van der Waals surface area contributed by atoms with Gasteiger partial charge < -0.3 is 15.2 Å². The van der Waals surface area contributed by atoms with Gasteiger partial charge in [0.2, 0.25) is 5.91 Å². The molecule has 0 heterocycles. The normalized spacial score (nSPS) is 33.5. The molecule has 1 amide bonds. The molecule has 40 heavy (non-hydrogen) atoms. The first-order valence-corrected chi connectivity index (χ1v) is 15.1. The molecule has 1 aromatic rings. The molecule has 3 saturated carbocycles. The summed E-state index contributed by atoms with van der Waals surface area (Å²) in [6.07, 6.45) is 9.60. The van der Waals surface area contributed by atoms with Gasteiger partial charge in [0, 0.05) is 30.7 Å². The second kappa shape index (κ2) is 11.5. The molecule has 0 radical (unpaired) electrons. The third-order valence-electron chi connectivity index (χ3n) is 10.9. The van der Waals surface area contributed by atoms with E-state index in [9.17, 15) is 24.3 Å². The Morgan fingerprint density at radius 3 is 2.52 bits per heavy atom. The van der Waals surface area contributed by atoms with Crippen LogP contribution >= 0.6 is 0 Å². The van der Waals surface area contributed by atoms with Crippen LogP contribution in [0.3, 0.4) is 0 Å². The maximum Gasteiger partial charge on any atom is 0.306 e. The monoisotopic (exact) mass is 549 g/mol. The lowest BCUT2D eigenvalue weighted by atomic mass is 9.47. The van der Waals surface area contributed by atoms with E-state index in [4.69, 9.17) is 4.74 Å². The Balaban J connectivity index is 1.13. The zero-order valence-corrected chi connectivity index (χ0v) is 23.8. The molecule has 0 saturated heterocycles. The summed E-state index contributed by atoms with van der Waals surface area (Å²) in [4.78, 5) is 48.8. The van der Waals surface area contributed by atoms with Gasteiger partial charge in [-0.1, -0.05) is 49.8 Å². The van der Waals surface area contributed by atoms with E-state index in [1.807, 2.05) is 36.4 Å². The number of ketones is 1. The number of allylic oxidation sites excluding steroid dienone is 1. The van der Waals surface area contributed by atoms with E-state index in [0.29, 0.717) is 24.2 Å². The van der Waals surface area contributed by atoms with Gasteiger partial charge in [-0.2, -0.15) is 0 Å². The Morgan fingerprint density at radius 2 is 1.77 bits per heavy atom. The lowest BCUT2D eigenvalue weighted by molar-refractivity contribution is -0.160. The van der Waals surface area contributed by atoms with Gasteiger partial charge in [0.25, 0.3) is 0 Å². The standard InChI is InChI=1S/C33H43NO6/c1-32-16-14-24(35)19-23(32)8-9-25-26-10-11-28(33(26,2)17-15-27(25)32)40-31(39)13-12-29(36)34-20-22(18-30(37)38)21-6-4-3-5-7-21/h3-7,19,22,25-28H,8-18,20H2,1-2H3,(H,34,36)(H,37,38)/t22-,25-,26-,27+,28+,32-,33-/m0/s1. The predicted molar refractivity (Wildman–Crippen MR) is 150 cm³/mol. The molecule has 0 unspecified atom stereocenters. The predicted octanol–water partition coefficient (Wildman–Crippen LogP) is 5.59. The second-order valence-corrected chi connectivity index (χ2v) is 13.1. The van der Waals surface area contributed by atoms with E-state index in [0.717, 1.165) is 50.5 Å². The van der Waals surface area contributed by atoms with Crippen molar-refractivity contribution >= 4 is 23.6 Å². The molecule has 0 aromatic heterocycles. The smallest absolute Gasteiger partial charge is 0.306 e. The number of aliphatic carboxylic acids is 1. The van der Waals surface area contributed by atoms with E-state index in [1.165, 1.54) is 5.57 Å². The van der Waals surface area contributed by atoms with Crippen LogP contribution in [0.25, 0.3) is 0 Å². The SMILES string of the molecule is C[C@]12CC[C@@H]3[C@@H](CCC4=CC(=O)CC[C@@]43C)[C@@H]1CC[C@H]2OC(=O)CCC(=O)NC[C@H](CC(=O)O)c1ccccc1. The molecule has 4 aliphatic rings. The zero-order valence-electron chi connectivity index (χ0n) is 23.8. The van der Waals surface area contributed by atoms with Crippen molar-refractivity contribution in [3.05, 3.63) is 47.5 Å². The highest BCUT2D eigenvalue weighted by Crippen LogP contribution is 2.65. The molecule has 5 rings (SSSR count). The molecule has 216 valence electrons. The zero-order chi connectivity index (χ0) is 28.5. The number of amides is 1. The summed E-state index contributed by atoms with van der Waals surface area (Å²) in [5, 5.41) is 12.1. The Kier molecular flexibility index (Phi) is 8.21. The molecule has 7 heteroatoms. The summed E-state index contributed by atoms with van der Waals surface area (Å²) < 4.78 is 6.05. The number of ether oxygens (including phenoxy) is 1. The van der Waals surface area contributed by atoms with Crippen LogP contribution in [0.15, 0.2) is 42.0 Å². The van der Waals surface area contributed by atoms with Crippen molar-refractivity contribution in [1.82, 2.24) is 5.32 Å². The number of carboxylic acids is 1. The third-order valence-corrected chi connectivity index (χ3v) is 10.9. The fourth-order valence-corrected chi connectivity index (χ4v) is 8.71. The number of hydrogen-bond acceptors (Lipinski definition) is 5. The van der Waals surface area contributed by atoms with Crippen LogP contribution in [0.1, 0.15) is 96.0 Å². The number of nitrogens with one attached hydrogen (secondary N) is 1. The van der Waals surface area contributed by atoms with Gasteiger partial charge in [-0.05, 0) is 79.8 Å². The molecule has 2 N–H and O–H groups in total. The molecular weight excluding hydrogens is 506 g/mol. The molecule has 4 aliphatic carbocycles. The number of hydrogen-bond donors (Lipinski definition) is 2. The maximum absolute atomic E-state index is 12.9. The lowest BCUT2D eigenvalue weighted by Crippen LogP contribution is -2.51. The van der Waals surface area contributed by atoms with Crippen LogP contribution in [-0.2, 0) is 23.9 Å². The minimum atomic E-state index is -0.919. The van der Waals surface area contributed by atoms with Crippen molar-refractivity contribution < 1.29 is 29.0 Å². The van der Waals surface area contributed by atoms with Crippen LogP contribution in [0, 0.1) is 28.6 Å². The summed E-state index contributed by atoms with van der Waals surface area (Å²) >= 11 is 0. The lowest BCUT2D eigenvalue weighted by Gasteiger charge is -2.57. The number of esters is 1. The minimum absolute atomic E-state index is 0.0182. The topological polar surface area (TPSA) is 110 Å². The van der Waals surface area contributed by atoms with Crippen molar-refractivity contribution in [2.45, 2.75) is 96.5 Å².